The lowest BCUT2D eigenvalue weighted by atomic mass is 9.40. The molecule has 3 aliphatic rings. The van der Waals surface area contributed by atoms with Gasteiger partial charge in [-0.15, -0.1) is 0 Å². The van der Waals surface area contributed by atoms with E-state index >= 15 is 0 Å². The van der Waals surface area contributed by atoms with E-state index in [0.717, 1.165) is 18.2 Å². The molecule has 33 heavy (non-hydrogen) atoms. The van der Waals surface area contributed by atoms with Crippen molar-refractivity contribution in [1.29, 1.82) is 5.26 Å². The summed E-state index contributed by atoms with van der Waals surface area (Å²) in [6.07, 6.45) is -3.50. The highest BCUT2D eigenvalue weighted by Crippen LogP contribution is 2.66. The molecule has 3 fully saturated rings. The highest BCUT2D eigenvalue weighted by molar-refractivity contribution is 7.93. The van der Waals surface area contributed by atoms with E-state index in [-0.39, 0.29) is 20.6 Å². The Bertz CT molecular complexity index is 1300. The van der Waals surface area contributed by atoms with Crippen LogP contribution in [0.1, 0.15) is 35.2 Å². The standard InChI is InChI=1S/C20H13Cl3F3N3O3S/c21-11-4-13(22)16(14(23)5-11)33(31,32)29-15-3-10(20(24,25)26)1-2-12(15)17(30)28-19-6-18(7-19,8-19)9-27/h1-5,29H,6-8H2,(H,28,30). The Morgan fingerprint density at radius 1 is 1.06 bits per heavy atom. The van der Waals surface area contributed by atoms with Crippen LogP contribution in [0, 0.1) is 16.7 Å². The van der Waals surface area contributed by atoms with E-state index in [1.807, 2.05) is 4.72 Å². The monoisotopic (exact) mass is 537 g/mol. The average Bonchev–Trinajstić information content (AvgIpc) is 2.60. The number of rotatable bonds is 5. The first-order chi connectivity index (χ1) is 15.2. The minimum absolute atomic E-state index is 0.0526. The van der Waals surface area contributed by atoms with Crippen LogP contribution in [-0.4, -0.2) is 19.9 Å². The average molecular weight is 539 g/mol. The first kappa shape index (κ1) is 24.0. The summed E-state index contributed by atoms with van der Waals surface area (Å²) in [4.78, 5) is 12.3. The van der Waals surface area contributed by atoms with Crippen LogP contribution in [0.5, 0.6) is 0 Å². The fourth-order valence-corrected chi connectivity index (χ4v) is 6.95. The summed E-state index contributed by atoms with van der Waals surface area (Å²) >= 11 is 17.7. The predicted octanol–water partition coefficient (Wildman–Crippen LogP) is 5.64. The van der Waals surface area contributed by atoms with Gasteiger partial charge in [0.15, 0.2) is 0 Å². The lowest BCUT2D eigenvalue weighted by Gasteiger charge is -2.66. The highest BCUT2D eigenvalue weighted by atomic mass is 35.5. The summed E-state index contributed by atoms with van der Waals surface area (Å²) < 4.78 is 67.8. The van der Waals surface area contributed by atoms with Gasteiger partial charge in [0.05, 0.1) is 38.3 Å². The molecule has 0 heterocycles. The minimum atomic E-state index is -4.79. The molecule has 2 N–H and O–H groups in total. The van der Waals surface area contributed by atoms with Crippen LogP contribution in [0.15, 0.2) is 35.2 Å². The SMILES string of the molecule is N#CC12CC(NC(=O)c3ccc(C(F)(F)F)cc3NS(=O)(=O)c3c(Cl)cc(Cl)cc3Cl)(C1)C2. The molecule has 0 atom stereocenters. The van der Waals surface area contributed by atoms with Crippen molar-refractivity contribution in [3.8, 4) is 6.07 Å². The van der Waals surface area contributed by atoms with Gasteiger partial charge in [-0.2, -0.15) is 18.4 Å². The molecule has 0 unspecified atom stereocenters. The minimum Gasteiger partial charge on any atom is -0.346 e. The van der Waals surface area contributed by atoms with Gasteiger partial charge < -0.3 is 5.32 Å². The maximum atomic E-state index is 13.3. The first-order valence-electron chi connectivity index (χ1n) is 9.32. The Hall–Kier alpha value is -2.19. The second kappa shape index (κ2) is 7.67. The van der Waals surface area contributed by atoms with E-state index in [4.69, 9.17) is 40.1 Å². The quantitative estimate of drug-likeness (QED) is 0.514. The number of nitriles is 1. The zero-order chi connectivity index (χ0) is 24.4. The van der Waals surface area contributed by atoms with Crippen LogP contribution in [-0.2, 0) is 16.2 Å². The Morgan fingerprint density at radius 3 is 2.15 bits per heavy atom. The van der Waals surface area contributed by atoms with E-state index in [1.54, 1.807) is 0 Å². The molecule has 0 saturated heterocycles. The Morgan fingerprint density at radius 2 is 1.64 bits per heavy atom. The van der Waals surface area contributed by atoms with Gasteiger partial charge in [0.1, 0.15) is 4.90 Å². The van der Waals surface area contributed by atoms with Gasteiger partial charge in [-0.3, -0.25) is 9.52 Å². The summed E-state index contributed by atoms with van der Waals surface area (Å²) in [5, 5.41) is 11.2. The lowest BCUT2D eigenvalue weighted by Crippen LogP contribution is -2.74. The number of alkyl halides is 3. The molecule has 174 valence electrons. The smallest absolute Gasteiger partial charge is 0.346 e. The summed E-state index contributed by atoms with van der Waals surface area (Å²) in [6, 6.07) is 6.47. The largest absolute Gasteiger partial charge is 0.416 e. The molecule has 3 saturated carbocycles. The molecule has 5 rings (SSSR count). The number of nitrogens with zero attached hydrogens (tertiary/aromatic N) is 1. The molecule has 3 aliphatic carbocycles. The van der Waals surface area contributed by atoms with Crippen LogP contribution in [0.25, 0.3) is 0 Å². The van der Waals surface area contributed by atoms with Crippen molar-refractivity contribution >= 4 is 56.4 Å². The van der Waals surface area contributed by atoms with Gasteiger partial charge in [-0.25, -0.2) is 8.42 Å². The van der Waals surface area contributed by atoms with Gasteiger partial charge in [-0.1, -0.05) is 34.8 Å². The molecule has 0 aromatic heterocycles. The molecule has 0 spiro atoms. The number of carbonyl (C=O) groups is 1. The van der Waals surface area contributed by atoms with Gasteiger partial charge in [-0.05, 0) is 49.6 Å². The molecule has 6 nitrogen and oxygen atoms in total. The summed E-state index contributed by atoms with van der Waals surface area (Å²) in [7, 11) is -4.61. The highest BCUT2D eigenvalue weighted by Gasteiger charge is 2.69. The third kappa shape index (κ3) is 4.23. The number of hydrogen-bond acceptors (Lipinski definition) is 4. The second-order valence-corrected chi connectivity index (χ2v) is 11.1. The van der Waals surface area contributed by atoms with Crippen molar-refractivity contribution < 1.29 is 26.4 Å². The fourth-order valence-electron chi connectivity index (χ4n) is 4.33. The van der Waals surface area contributed by atoms with E-state index in [9.17, 15) is 26.4 Å². The van der Waals surface area contributed by atoms with E-state index < -0.39 is 49.2 Å². The maximum absolute atomic E-state index is 13.3. The van der Waals surface area contributed by atoms with E-state index in [0.29, 0.717) is 31.4 Å². The number of benzene rings is 2. The maximum Gasteiger partial charge on any atom is 0.416 e. The van der Waals surface area contributed by atoms with Gasteiger partial charge in [0.25, 0.3) is 15.9 Å². The van der Waals surface area contributed by atoms with Crippen molar-refractivity contribution in [2.45, 2.75) is 35.9 Å². The number of anilines is 1. The molecular weight excluding hydrogens is 526 g/mol. The zero-order valence-corrected chi connectivity index (χ0v) is 19.4. The first-order valence-corrected chi connectivity index (χ1v) is 11.9. The van der Waals surface area contributed by atoms with Crippen molar-refractivity contribution in [3.63, 3.8) is 0 Å². The second-order valence-electron chi connectivity index (χ2n) is 8.22. The fraction of sp³-hybridized carbons (Fsp3) is 0.300. The van der Waals surface area contributed by atoms with Crippen LogP contribution < -0.4 is 10.0 Å². The third-order valence-corrected chi connectivity index (χ3v) is 8.22. The molecule has 2 aromatic rings. The van der Waals surface area contributed by atoms with Gasteiger partial charge in [0, 0.05) is 10.6 Å². The zero-order valence-electron chi connectivity index (χ0n) is 16.4. The number of sulfonamides is 1. The summed E-state index contributed by atoms with van der Waals surface area (Å²) in [6.45, 7) is 0. The Labute approximate surface area is 201 Å². The number of halogens is 6. The van der Waals surface area contributed by atoms with E-state index in [2.05, 4.69) is 11.4 Å². The number of amides is 1. The molecule has 2 aromatic carbocycles. The predicted molar refractivity (Wildman–Crippen MR) is 116 cm³/mol. The van der Waals surface area contributed by atoms with Crippen molar-refractivity contribution in [1.82, 2.24) is 5.32 Å². The molecule has 0 aliphatic heterocycles. The number of carbonyl (C=O) groups excluding carboxylic acids is 1. The number of hydrogen-bond donors (Lipinski definition) is 2. The van der Waals surface area contributed by atoms with Crippen LogP contribution in [0.2, 0.25) is 15.1 Å². The molecule has 2 bridgehead atoms. The Balaban J connectivity index is 1.70. The van der Waals surface area contributed by atoms with Gasteiger partial charge in [0.2, 0.25) is 0 Å². The molecule has 0 radical (unpaired) electrons. The Kier molecular flexibility index (Phi) is 5.56. The van der Waals surface area contributed by atoms with E-state index in [1.165, 1.54) is 0 Å². The van der Waals surface area contributed by atoms with Crippen LogP contribution >= 0.6 is 34.8 Å². The molecule has 1 amide bonds. The number of nitrogens with one attached hydrogen (secondary N) is 2. The topological polar surface area (TPSA) is 99.1 Å². The van der Waals surface area contributed by atoms with Gasteiger partial charge >= 0.3 is 6.18 Å². The lowest BCUT2D eigenvalue weighted by molar-refractivity contribution is -0.137. The van der Waals surface area contributed by atoms with Crippen LogP contribution in [0.3, 0.4) is 0 Å². The summed E-state index contributed by atoms with van der Waals surface area (Å²) in [5.74, 6) is -0.777. The normalized spacial score (nSPS) is 23.7. The molecule has 13 heteroatoms. The summed E-state index contributed by atoms with van der Waals surface area (Å²) in [5.41, 5.74) is -3.19. The molecular formula is C20H13Cl3F3N3O3S. The third-order valence-electron chi connectivity index (χ3n) is 5.71. The van der Waals surface area contributed by atoms with Crippen LogP contribution in [0.4, 0.5) is 18.9 Å². The van der Waals surface area contributed by atoms with Crippen molar-refractivity contribution in [2.24, 2.45) is 5.41 Å². The van der Waals surface area contributed by atoms with Crippen molar-refractivity contribution in [2.75, 3.05) is 4.72 Å². The van der Waals surface area contributed by atoms with Crippen molar-refractivity contribution in [3.05, 3.63) is 56.5 Å².